The first-order valence-corrected chi connectivity index (χ1v) is 8.24. The summed E-state index contributed by atoms with van der Waals surface area (Å²) >= 11 is 0. The van der Waals surface area contributed by atoms with Crippen LogP contribution in [0.3, 0.4) is 0 Å². The van der Waals surface area contributed by atoms with Crippen molar-refractivity contribution in [3.05, 3.63) is 29.8 Å². The maximum absolute atomic E-state index is 13.4. The molecule has 1 fully saturated rings. The van der Waals surface area contributed by atoms with Gasteiger partial charge < -0.3 is 5.32 Å². The Bertz CT molecular complexity index is 544. The van der Waals surface area contributed by atoms with E-state index in [0.717, 1.165) is 31.0 Å². The summed E-state index contributed by atoms with van der Waals surface area (Å²) in [7, 11) is 1.06. The van der Waals surface area contributed by atoms with Crippen LogP contribution in [-0.2, 0) is 15.6 Å². The Morgan fingerprint density at radius 1 is 1.38 bits per heavy atom. The van der Waals surface area contributed by atoms with Crippen LogP contribution in [0.15, 0.2) is 18.2 Å². The lowest BCUT2D eigenvalue weighted by molar-refractivity contribution is -0.117. The van der Waals surface area contributed by atoms with E-state index in [-0.39, 0.29) is 18.3 Å². The first kappa shape index (κ1) is 16.0. The van der Waals surface area contributed by atoms with Crippen molar-refractivity contribution in [1.82, 2.24) is 4.90 Å². The molecule has 0 spiro atoms. The molecule has 0 aliphatic carbocycles. The Labute approximate surface area is 125 Å². The molecule has 4 nitrogen and oxygen atoms in total. The fraction of sp³-hybridized carbons (Fsp3) is 0.500. The molecule has 1 aromatic rings. The molecular weight excluding hydrogens is 298 g/mol. The third kappa shape index (κ3) is 4.57. The van der Waals surface area contributed by atoms with E-state index in [2.05, 4.69) is 5.32 Å². The molecule has 1 heterocycles. The second-order valence-electron chi connectivity index (χ2n) is 5.17. The number of hydrogen-bond donors (Lipinski definition) is 1. The van der Waals surface area contributed by atoms with Crippen molar-refractivity contribution in [1.29, 1.82) is 0 Å². The predicted molar refractivity (Wildman–Crippen MR) is 78.5 cm³/mol. The van der Waals surface area contributed by atoms with Gasteiger partial charge in [-0.2, -0.15) is 0 Å². The second kappa shape index (κ2) is 7.09. The van der Waals surface area contributed by atoms with Crippen molar-refractivity contribution in [3.63, 3.8) is 0 Å². The minimum Gasteiger partial charge on any atom is -0.322 e. The molecule has 1 aliphatic rings. The summed E-state index contributed by atoms with van der Waals surface area (Å²) in [5, 5.41) is 2.37. The summed E-state index contributed by atoms with van der Waals surface area (Å²) in [6.07, 6.45) is 1.56. The van der Waals surface area contributed by atoms with Crippen molar-refractivity contribution >= 4 is 22.4 Å². The zero-order chi connectivity index (χ0) is 15.4. The lowest BCUT2D eigenvalue weighted by Crippen LogP contribution is -2.41. The number of nitrogens with zero attached hydrogens (tertiary/aromatic N) is 1. The van der Waals surface area contributed by atoms with Crippen LogP contribution in [0.1, 0.15) is 12.8 Å². The molecule has 0 radical (unpaired) electrons. The largest absolute Gasteiger partial charge is 0.322 e. The van der Waals surface area contributed by atoms with Crippen LogP contribution in [0, 0.1) is 11.6 Å². The van der Waals surface area contributed by atoms with Crippen LogP contribution in [-0.4, -0.2) is 46.2 Å². The van der Waals surface area contributed by atoms with Crippen molar-refractivity contribution < 1.29 is 17.8 Å². The smallest absolute Gasteiger partial charge is 0.238 e. The van der Waals surface area contributed by atoms with Gasteiger partial charge in [0, 0.05) is 34.4 Å². The summed E-state index contributed by atoms with van der Waals surface area (Å²) in [6, 6.07) is 3.13. The van der Waals surface area contributed by atoms with Gasteiger partial charge >= 0.3 is 0 Å². The van der Waals surface area contributed by atoms with Gasteiger partial charge in [-0.25, -0.2) is 8.78 Å². The Balaban J connectivity index is 1.89. The fourth-order valence-corrected chi connectivity index (χ4v) is 3.63. The van der Waals surface area contributed by atoms with Gasteiger partial charge in [-0.3, -0.25) is 13.9 Å². The highest BCUT2D eigenvalue weighted by Crippen LogP contribution is 2.17. The molecule has 0 atom stereocenters. The number of benzene rings is 1. The Kier molecular flexibility index (Phi) is 5.41. The molecule has 7 heteroatoms. The average molecular weight is 316 g/mol. The van der Waals surface area contributed by atoms with Gasteiger partial charge in [0.2, 0.25) is 5.91 Å². The number of nitrogens with one attached hydrogen (secondary N) is 1. The van der Waals surface area contributed by atoms with Gasteiger partial charge in [0.25, 0.3) is 0 Å². The number of halogens is 2. The quantitative estimate of drug-likeness (QED) is 0.920. The number of amides is 1. The van der Waals surface area contributed by atoms with E-state index in [1.807, 2.05) is 4.90 Å². The maximum atomic E-state index is 13.4. The van der Waals surface area contributed by atoms with Crippen molar-refractivity contribution in [3.8, 4) is 0 Å². The van der Waals surface area contributed by atoms with E-state index >= 15 is 0 Å². The molecule has 0 bridgehead atoms. The van der Waals surface area contributed by atoms with Crippen molar-refractivity contribution in [2.75, 3.05) is 30.4 Å². The van der Waals surface area contributed by atoms with Gasteiger partial charge in [-0.1, -0.05) is 0 Å². The standard InChI is InChI=1S/C14H18F2N2O2S/c1-18(11-4-6-21(20)7-5-11)9-14(19)17-13-8-10(15)2-3-12(13)16/h2-3,8,11H,4-7,9H2,1H3,(H,17,19). The molecule has 1 aliphatic heterocycles. The highest BCUT2D eigenvalue weighted by molar-refractivity contribution is 7.85. The molecule has 0 aromatic heterocycles. The van der Waals surface area contributed by atoms with Crippen LogP contribution < -0.4 is 5.32 Å². The molecule has 1 saturated heterocycles. The molecule has 116 valence electrons. The summed E-state index contributed by atoms with van der Waals surface area (Å²) < 4.78 is 37.8. The second-order valence-corrected chi connectivity index (χ2v) is 6.86. The Morgan fingerprint density at radius 3 is 2.71 bits per heavy atom. The molecule has 1 amide bonds. The molecule has 21 heavy (non-hydrogen) atoms. The minimum absolute atomic E-state index is 0.0905. The first-order chi connectivity index (χ1) is 9.95. The number of anilines is 1. The average Bonchev–Trinajstić information content (AvgIpc) is 2.43. The molecule has 2 rings (SSSR count). The topological polar surface area (TPSA) is 49.4 Å². The van der Waals surface area contributed by atoms with Crippen LogP contribution in [0.4, 0.5) is 14.5 Å². The monoisotopic (exact) mass is 316 g/mol. The van der Waals surface area contributed by atoms with Gasteiger partial charge in [-0.05, 0) is 32.0 Å². The maximum Gasteiger partial charge on any atom is 0.238 e. The van der Waals surface area contributed by atoms with Crippen LogP contribution in [0.25, 0.3) is 0 Å². The fourth-order valence-electron chi connectivity index (χ4n) is 2.36. The molecule has 1 N–H and O–H groups in total. The molecule has 0 unspecified atom stereocenters. The minimum atomic E-state index is -0.746. The highest BCUT2D eigenvalue weighted by Gasteiger charge is 2.23. The number of rotatable bonds is 4. The predicted octanol–water partition coefficient (Wildman–Crippen LogP) is 1.75. The molecule has 0 saturated carbocycles. The SMILES string of the molecule is CN(CC(=O)Nc1cc(F)ccc1F)C1CCS(=O)CC1. The van der Waals surface area contributed by atoms with Crippen LogP contribution >= 0.6 is 0 Å². The van der Waals surface area contributed by atoms with Gasteiger partial charge in [-0.15, -0.1) is 0 Å². The summed E-state index contributed by atoms with van der Waals surface area (Å²) in [5.41, 5.74) is -0.154. The molecule has 1 aromatic carbocycles. The third-order valence-corrected chi connectivity index (χ3v) is 4.96. The van der Waals surface area contributed by atoms with Crippen LogP contribution in [0.5, 0.6) is 0 Å². The third-order valence-electron chi connectivity index (χ3n) is 3.58. The van der Waals surface area contributed by atoms with E-state index in [1.165, 1.54) is 0 Å². The van der Waals surface area contributed by atoms with Crippen molar-refractivity contribution in [2.45, 2.75) is 18.9 Å². The summed E-state index contributed by atoms with van der Waals surface area (Å²) in [5.74, 6) is -0.367. The van der Waals surface area contributed by atoms with Gasteiger partial charge in [0.15, 0.2) is 0 Å². The molecular formula is C14H18F2N2O2S. The number of likely N-dealkylation sites (N-methyl/N-ethyl adjacent to an activating group) is 1. The van der Waals surface area contributed by atoms with Crippen LogP contribution in [0.2, 0.25) is 0 Å². The summed E-state index contributed by atoms with van der Waals surface area (Å²) in [6.45, 7) is 0.0905. The Hall–Kier alpha value is -1.34. The lowest BCUT2D eigenvalue weighted by Gasteiger charge is -2.30. The normalized spacial score (nSPS) is 22.3. The van der Waals surface area contributed by atoms with E-state index in [9.17, 15) is 17.8 Å². The van der Waals surface area contributed by atoms with Gasteiger partial charge in [0.05, 0.1) is 12.2 Å². The Morgan fingerprint density at radius 2 is 2.05 bits per heavy atom. The highest BCUT2D eigenvalue weighted by atomic mass is 32.2. The van der Waals surface area contributed by atoms with E-state index < -0.39 is 28.3 Å². The zero-order valence-corrected chi connectivity index (χ0v) is 12.6. The zero-order valence-electron chi connectivity index (χ0n) is 11.8. The summed E-state index contributed by atoms with van der Waals surface area (Å²) in [4.78, 5) is 13.8. The lowest BCUT2D eigenvalue weighted by atomic mass is 10.1. The number of hydrogen-bond acceptors (Lipinski definition) is 3. The first-order valence-electron chi connectivity index (χ1n) is 6.76. The van der Waals surface area contributed by atoms with Crippen molar-refractivity contribution in [2.24, 2.45) is 0 Å². The number of carbonyl (C=O) groups excluding carboxylic acids is 1. The van der Waals surface area contributed by atoms with E-state index in [1.54, 1.807) is 7.05 Å². The van der Waals surface area contributed by atoms with E-state index in [4.69, 9.17) is 0 Å². The van der Waals surface area contributed by atoms with E-state index in [0.29, 0.717) is 11.5 Å². The van der Waals surface area contributed by atoms with Gasteiger partial charge in [0.1, 0.15) is 11.6 Å². The number of carbonyl (C=O) groups is 1.